The van der Waals surface area contributed by atoms with Crippen molar-refractivity contribution in [2.45, 2.75) is 19.7 Å². The third-order valence-electron chi connectivity index (χ3n) is 4.15. The van der Waals surface area contributed by atoms with Crippen LogP contribution in [0.3, 0.4) is 0 Å². The van der Waals surface area contributed by atoms with Gasteiger partial charge in [0.15, 0.2) is 0 Å². The highest BCUT2D eigenvalue weighted by Crippen LogP contribution is 2.30. The highest BCUT2D eigenvalue weighted by molar-refractivity contribution is 6.31. The molecule has 31 heavy (non-hydrogen) atoms. The first kappa shape index (κ1) is 22.6. The molecule has 10 heteroatoms. The summed E-state index contributed by atoms with van der Waals surface area (Å²) in [7, 11) is 0. The molecule has 0 radical (unpaired) electrons. The third-order valence-corrected chi connectivity index (χ3v) is 4.56. The number of hydrogen-bond donors (Lipinski definition) is 3. The minimum atomic E-state index is -4.79. The summed E-state index contributed by atoms with van der Waals surface area (Å²) < 4.78 is 41.7. The van der Waals surface area contributed by atoms with Crippen molar-refractivity contribution < 1.29 is 23.0 Å². The molecule has 0 aliphatic carbocycles. The maximum absolute atomic E-state index is 12.6. The lowest BCUT2D eigenvalue weighted by molar-refractivity contribution is -0.274. The normalized spacial score (nSPS) is 11.3. The Kier molecular flexibility index (Phi) is 7.19. The fourth-order valence-corrected chi connectivity index (χ4v) is 2.87. The van der Waals surface area contributed by atoms with Gasteiger partial charge in [-0.1, -0.05) is 29.8 Å². The van der Waals surface area contributed by atoms with E-state index in [1.165, 1.54) is 18.2 Å². The van der Waals surface area contributed by atoms with E-state index in [2.05, 4.69) is 25.3 Å². The summed E-state index contributed by atoms with van der Waals surface area (Å²) in [6, 6.07) is 12.6. The zero-order valence-electron chi connectivity index (χ0n) is 16.5. The molecule has 0 atom stereocenters. The Morgan fingerprint density at radius 2 is 1.90 bits per heavy atom. The Hall–Kier alpha value is -3.04. The standard InChI is InChI=1S/C21H20ClF3N4O2/c1-13-6-7-15(11-17(13)22)27-19-12-18(28-20(29-19)26-8-3-9-30)14-4-2-5-16(10-14)31-21(23,24)25/h2,4-7,10-12,30H,3,8-9H2,1H3,(H2,26,27,28,29). The summed E-state index contributed by atoms with van der Waals surface area (Å²) in [6.07, 6.45) is -4.31. The Morgan fingerprint density at radius 3 is 2.61 bits per heavy atom. The van der Waals surface area contributed by atoms with E-state index >= 15 is 0 Å². The molecular weight excluding hydrogens is 433 g/mol. The van der Waals surface area contributed by atoms with Gasteiger partial charge in [-0.3, -0.25) is 0 Å². The van der Waals surface area contributed by atoms with Gasteiger partial charge in [0, 0.05) is 35.5 Å². The van der Waals surface area contributed by atoms with Gasteiger partial charge in [-0.15, -0.1) is 13.2 Å². The van der Waals surface area contributed by atoms with Crippen LogP contribution >= 0.6 is 11.6 Å². The molecule has 164 valence electrons. The third kappa shape index (κ3) is 6.73. The van der Waals surface area contributed by atoms with Crippen molar-refractivity contribution in [3.05, 3.63) is 59.1 Å². The lowest BCUT2D eigenvalue weighted by atomic mass is 10.1. The zero-order valence-corrected chi connectivity index (χ0v) is 17.3. The largest absolute Gasteiger partial charge is 0.573 e. The lowest BCUT2D eigenvalue weighted by Gasteiger charge is -2.13. The average Bonchev–Trinajstić information content (AvgIpc) is 2.70. The number of benzene rings is 2. The molecule has 6 nitrogen and oxygen atoms in total. The van der Waals surface area contributed by atoms with Crippen LogP contribution in [-0.2, 0) is 0 Å². The minimum absolute atomic E-state index is 0.00348. The average molecular weight is 453 g/mol. The highest BCUT2D eigenvalue weighted by atomic mass is 35.5. The van der Waals surface area contributed by atoms with Gasteiger partial charge in [0.25, 0.3) is 0 Å². The van der Waals surface area contributed by atoms with Crippen molar-refractivity contribution in [1.82, 2.24) is 9.97 Å². The van der Waals surface area contributed by atoms with Crippen molar-refractivity contribution >= 4 is 29.1 Å². The summed E-state index contributed by atoms with van der Waals surface area (Å²) in [4.78, 5) is 8.77. The monoisotopic (exact) mass is 452 g/mol. The number of anilines is 3. The predicted octanol–water partition coefficient (Wildman–Crippen LogP) is 5.54. The van der Waals surface area contributed by atoms with E-state index in [4.69, 9.17) is 16.7 Å². The van der Waals surface area contributed by atoms with Gasteiger partial charge in [-0.25, -0.2) is 4.98 Å². The number of alkyl halides is 3. The molecule has 0 fully saturated rings. The second-order valence-electron chi connectivity index (χ2n) is 6.63. The van der Waals surface area contributed by atoms with Gasteiger partial charge in [-0.05, 0) is 43.2 Å². The van der Waals surface area contributed by atoms with Crippen LogP contribution in [0.1, 0.15) is 12.0 Å². The number of halogens is 4. The Labute approximate surface area is 182 Å². The summed E-state index contributed by atoms with van der Waals surface area (Å²) in [5.74, 6) is 0.325. The van der Waals surface area contributed by atoms with Crippen LogP contribution in [0.4, 0.5) is 30.6 Å². The van der Waals surface area contributed by atoms with Crippen LogP contribution in [0.5, 0.6) is 5.75 Å². The second-order valence-corrected chi connectivity index (χ2v) is 7.04. The molecule has 0 aliphatic heterocycles. The Morgan fingerprint density at radius 1 is 1.10 bits per heavy atom. The van der Waals surface area contributed by atoms with Crippen molar-refractivity contribution in [2.75, 3.05) is 23.8 Å². The van der Waals surface area contributed by atoms with Crippen LogP contribution in [0.25, 0.3) is 11.3 Å². The minimum Gasteiger partial charge on any atom is -0.406 e. The molecule has 3 aromatic rings. The summed E-state index contributed by atoms with van der Waals surface area (Å²) in [5.41, 5.74) is 2.41. The molecule has 0 aliphatic rings. The fraction of sp³-hybridized carbons (Fsp3) is 0.238. The molecule has 3 N–H and O–H groups in total. The van der Waals surface area contributed by atoms with Crippen LogP contribution in [0.2, 0.25) is 5.02 Å². The molecule has 0 saturated carbocycles. The number of rotatable bonds is 8. The smallest absolute Gasteiger partial charge is 0.406 e. The molecule has 0 amide bonds. The Balaban J connectivity index is 1.95. The number of aliphatic hydroxyl groups excluding tert-OH is 1. The predicted molar refractivity (Wildman–Crippen MR) is 114 cm³/mol. The Bertz CT molecular complexity index is 1050. The number of aliphatic hydroxyl groups is 1. The van der Waals surface area contributed by atoms with Crippen LogP contribution in [0.15, 0.2) is 48.5 Å². The number of nitrogens with one attached hydrogen (secondary N) is 2. The number of hydrogen-bond acceptors (Lipinski definition) is 6. The van der Waals surface area contributed by atoms with Crippen LogP contribution in [0, 0.1) is 6.92 Å². The first-order chi connectivity index (χ1) is 14.7. The maximum Gasteiger partial charge on any atom is 0.573 e. The number of aromatic nitrogens is 2. The first-order valence-electron chi connectivity index (χ1n) is 9.37. The summed E-state index contributed by atoms with van der Waals surface area (Å²) in [6.45, 7) is 2.30. The van der Waals surface area contributed by atoms with Gasteiger partial charge < -0.3 is 20.5 Å². The quantitative estimate of drug-likeness (QED) is 0.389. The van der Waals surface area contributed by atoms with Crippen molar-refractivity contribution in [3.63, 3.8) is 0 Å². The molecule has 0 bridgehead atoms. The van der Waals surface area contributed by atoms with Gasteiger partial charge in [0.1, 0.15) is 11.6 Å². The number of aryl methyl sites for hydroxylation is 1. The SMILES string of the molecule is Cc1ccc(Nc2cc(-c3cccc(OC(F)(F)F)c3)nc(NCCCO)n2)cc1Cl. The second kappa shape index (κ2) is 9.84. The van der Waals surface area contributed by atoms with E-state index in [1.54, 1.807) is 18.2 Å². The first-order valence-corrected chi connectivity index (χ1v) is 9.74. The van der Waals surface area contributed by atoms with Gasteiger partial charge in [0.05, 0.1) is 5.69 Å². The zero-order chi connectivity index (χ0) is 22.4. The molecule has 1 heterocycles. The van der Waals surface area contributed by atoms with Crippen molar-refractivity contribution in [2.24, 2.45) is 0 Å². The summed E-state index contributed by atoms with van der Waals surface area (Å²) in [5, 5.41) is 15.7. The molecule has 1 aromatic heterocycles. The van der Waals surface area contributed by atoms with E-state index in [0.29, 0.717) is 40.8 Å². The molecule has 0 saturated heterocycles. The van der Waals surface area contributed by atoms with Gasteiger partial charge in [-0.2, -0.15) is 4.98 Å². The van der Waals surface area contributed by atoms with E-state index in [-0.39, 0.29) is 18.3 Å². The van der Waals surface area contributed by atoms with Crippen molar-refractivity contribution in [3.8, 4) is 17.0 Å². The van der Waals surface area contributed by atoms with Crippen molar-refractivity contribution in [1.29, 1.82) is 0 Å². The topological polar surface area (TPSA) is 79.3 Å². The molecular formula is C21H20ClF3N4O2. The van der Waals surface area contributed by atoms with Gasteiger partial charge >= 0.3 is 6.36 Å². The van der Waals surface area contributed by atoms with Crippen LogP contribution in [-0.4, -0.2) is 34.6 Å². The molecule has 0 spiro atoms. The van der Waals surface area contributed by atoms with E-state index in [0.717, 1.165) is 5.56 Å². The number of ether oxygens (including phenoxy) is 1. The highest BCUT2D eigenvalue weighted by Gasteiger charge is 2.31. The molecule has 2 aromatic carbocycles. The number of nitrogens with zero attached hydrogens (tertiary/aromatic N) is 2. The van der Waals surface area contributed by atoms with E-state index in [1.807, 2.05) is 19.1 Å². The molecule has 0 unspecified atom stereocenters. The fourth-order valence-electron chi connectivity index (χ4n) is 2.69. The van der Waals surface area contributed by atoms with E-state index < -0.39 is 6.36 Å². The molecule has 3 rings (SSSR count). The summed E-state index contributed by atoms with van der Waals surface area (Å²) >= 11 is 6.18. The van der Waals surface area contributed by atoms with Gasteiger partial charge in [0.2, 0.25) is 5.95 Å². The maximum atomic E-state index is 12.6. The van der Waals surface area contributed by atoms with Crippen LogP contribution < -0.4 is 15.4 Å². The van der Waals surface area contributed by atoms with E-state index in [9.17, 15) is 13.2 Å². The lowest BCUT2D eigenvalue weighted by Crippen LogP contribution is -2.17.